The maximum Gasteiger partial charge on any atom is 0.154 e. The highest BCUT2D eigenvalue weighted by Crippen LogP contribution is 2.37. The van der Waals surface area contributed by atoms with E-state index in [1.54, 1.807) is 6.07 Å². The van der Waals surface area contributed by atoms with Crippen LogP contribution >= 0.6 is 0 Å². The fourth-order valence-corrected chi connectivity index (χ4v) is 3.65. The topological polar surface area (TPSA) is 37.3 Å². The number of fused-ring (bicyclic) bond motifs is 1. The number of carbonyl (C=O) groups is 1. The van der Waals surface area contributed by atoms with Crippen LogP contribution in [-0.2, 0) is 0 Å². The zero-order chi connectivity index (χ0) is 17.7. The standard InChI is InChI=1S/C12H10O2.C10H20/c1-8-6-12(14)11(7-13)10-5-3-2-4-9(8)10;1-10(2,3)9-7-5-4-6-8-9/h2-7,14H,1H3;9H,4-8H2,1-3H3. The maximum absolute atomic E-state index is 10.8. The van der Waals surface area contributed by atoms with E-state index in [1.807, 2.05) is 31.2 Å². The van der Waals surface area contributed by atoms with Crippen LogP contribution in [0, 0.1) is 18.3 Å². The van der Waals surface area contributed by atoms with Crippen LogP contribution in [0.25, 0.3) is 10.8 Å². The van der Waals surface area contributed by atoms with E-state index in [9.17, 15) is 9.90 Å². The lowest BCUT2D eigenvalue weighted by atomic mass is 9.72. The Morgan fingerprint density at radius 3 is 2.12 bits per heavy atom. The van der Waals surface area contributed by atoms with Gasteiger partial charge in [-0.05, 0) is 53.5 Å². The number of carbonyl (C=O) groups excluding carboxylic acids is 1. The SMILES string of the molecule is CC(C)(C)C1CCCCC1.Cc1cc(O)c(C=O)c2ccccc12. The first-order valence-corrected chi connectivity index (χ1v) is 9.01. The molecule has 1 N–H and O–H groups in total. The van der Waals surface area contributed by atoms with Crippen molar-refractivity contribution in [1.29, 1.82) is 0 Å². The van der Waals surface area contributed by atoms with Crippen molar-refractivity contribution in [2.24, 2.45) is 11.3 Å². The molecule has 1 fully saturated rings. The molecule has 0 saturated heterocycles. The Balaban J connectivity index is 0.000000185. The fourth-order valence-electron chi connectivity index (χ4n) is 3.65. The summed E-state index contributed by atoms with van der Waals surface area (Å²) in [5.41, 5.74) is 1.91. The predicted molar refractivity (Wildman–Crippen MR) is 102 cm³/mol. The minimum atomic E-state index is 0.0520. The summed E-state index contributed by atoms with van der Waals surface area (Å²) in [6.45, 7) is 9.05. The Morgan fingerprint density at radius 1 is 1.04 bits per heavy atom. The van der Waals surface area contributed by atoms with Gasteiger partial charge in [-0.15, -0.1) is 0 Å². The summed E-state index contributed by atoms with van der Waals surface area (Å²) >= 11 is 0. The van der Waals surface area contributed by atoms with E-state index >= 15 is 0 Å². The molecule has 2 aromatic carbocycles. The smallest absolute Gasteiger partial charge is 0.154 e. The number of aromatic hydroxyl groups is 1. The molecule has 0 heterocycles. The van der Waals surface area contributed by atoms with Crippen LogP contribution in [-0.4, -0.2) is 11.4 Å². The molecule has 3 rings (SSSR count). The molecular formula is C22H30O2. The number of aldehydes is 1. The van der Waals surface area contributed by atoms with E-state index in [-0.39, 0.29) is 5.75 Å². The monoisotopic (exact) mass is 326 g/mol. The Hall–Kier alpha value is -1.83. The van der Waals surface area contributed by atoms with Crippen LogP contribution in [0.3, 0.4) is 0 Å². The molecule has 1 aliphatic carbocycles. The molecule has 24 heavy (non-hydrogen) atoms. The number of hydrogen-bond donors (Lipinski definition) is 1. The van der Waals surface area contributed by atoms with Crippen molar-refractivity contribution in [3.8, 4) is 5.75 Å². The van der Waals surface area contributed by atoms with E-state index < -0.39 is 0 Å². The zero-order valence-corrected chi connectivity index (χ0v) is 15.4. The van der Waals surface area contributed by atoms with Crippen molar-refractivity contribution in [1.82, 2.24) is 0 Å². The molecule has 130 valence electrons. The van der Waals surface area contributed by atoms with E-state index in [4.69, 9.17) is 0 Å². The van der Waals surface area contributed by atoms with Gasteiger partial charge in [0.2, 0.25) is 0 Å². The Labute approximate surface area is 145 Å². The van der Waals surface area contributed by atoms with Gasteiger partial charge in [0.05, 0.1) is 5.56 Å². The van der Waals surface area contributed by atoms with Crippen molar-refractivity contribution in [3.05, 3.63) is 41.5 Å². The third kappa shape index (κ3) is 4.37. The second kappa shape index (κ2) is 7.83. The molecule has 2 nitrogen and oxygen atoms in total. The van der Waals surface area contributed by atoms with Crippen molar-refractivity contribution < 1.29 is 9.90 Å². The van der Waals surface area contributed by atoms with Gasteiger partial charge in [-0.2, -0.15) is 0 Å². The summed E-state index contributed by atoms with van der Waals surface area (Å²) in [6.07, 6.45) is 8.07. The minimum absolute atomic E-state index is 0.0520. The summed E-state index contributed by atoms with van der Waals surface area (Å²) in [6, 6.07) is 9.17. The van der Waals surface area contributed by atoms with Gasteiger partial charge in [-0.3, -0.25) is 4.79 Å². The summed E-state index contributed by atoms with van der Waals surface area (Å²) in [5, 5.41) is 11.4. The lowest BCUT2D eigenvalue weighted by molar-refractivity contribution is 0.112. The van der Waals surface area contributed by atoms with Crippen LogP contribution < -0.4 is 0 Å². The van der Waals surface area contributed by atoms with E-state index in [0.29, 0.717) is 17.3 Å². The van der Waals surface area contributed by atoms with Gasteiger partial charge in [0.25, 0.3) is 0 Å². The average Bonchev–Trinajstić information content (AvgIpc) is 2.56. The van der Waals surface area contributed by atoms with Crippen molar-refractivity contribution in [2.45, 2.75) is 59.8 Å². The number of phenols is 1. The van der Waals surface area contributed by atoms with Gasteiger partial charge in [-0.25, -0.2) is 0 Å². The minimum Gasteiger partial charge on any atom is -0.507 e. The quantitative estimate of drug-likeness (QED) is 0.626. The summed E-state index contributed by atoms with van der Waals surface area (Å²) < 4.78 is 0. The van der Waals surface area contributed by atoms with Crippen molar-refractivity contribution in [3.63, 3.8) is 0 Å². The van der Waals surface area contributed by atoms with Crippen LogP contribution in [0.5, 0.6) is 5.75 Å². The predicted octanol–water partition coefficient (Wildman–Crippen LogP) is 6.28. The molecule has 0 aliphatic heterocycles. The number of hydrogen-bond acceptors (Lipinski definition) is 2. The molecule has 1 aliphatic rings. The molecule has 1 saturated carbocycles. The first-order valence-electron chi connectivity index (χ1n) is 9.01. The molecule has 0 aromatic heterocycles. The summed E-state index contributed by atoms with van der Waals surface area (Å²) in [7, 11) is 0. The molecular weight excluding hydrogens is 296 g/mol. The van der Waals surface area contributed by atoms with Crippen LogP contribution in [0.4, 0.5) is 0 Å². The molecule has 0 unspecified atom stereocenters. The number of phenolic OH excluding ortho intramolecular Hbond substituents is 1. The molecule has 2 aromatic rings. The number of benzene rings is 2. The average molecular weight is 326 g/mol. The van der Waals surface area contributed by atoms with Gasteiger partial charge >= 0.3 is 0 Å². The second-order valence-corrected chi connectivity index (χ2v) is 7.99. The van der Waals surface area contributed by atoms with E-state index in [2.05, 4.69) is 20.8 Å². The first kappa shape index (κ1) is 18.5. The lowest BCUT2D eigenvalue weighted by Gasteiger charge is -2.33. The largest absolute Gasteiger partial charge is 0.507 e. The molecule has 0 spiro atoms. The normalized spacial score (nSPS) is 15.7. The van der Waals surface area contributed by atoms with Gasteiger partial charge in [0.15, 0.2) is 6.29 Å². The van der Waals surface area contributed by atoms with Crippen molar-refractivity contribution in [2.75, 3.05) is 0 Å². The highest BCUT2D eigenvalue weighted by atomic mass is 16.3. The molecule has 0 amide bonds. The zero-order valence-electron chi connectivity index (χ0n) is 15.4. The van der Waals surface area contributed by atoms with Gasteiger partial charge in [0.1, 0.15) is 5.75 Å². The van der Waals surface area contributed by atoms with Gasteiger partial charge < -0.3 is 5.11 Å². The summed E-state index contributed by atoms with van der Waals surface area (Å²) in [4.78, 5) is 10.8. The molecule has 2 heteroatoms. The number of aryl methyl sites for hydroxylation is 1. The third-order valence-corrected chi connectivity index (χ3v) is 5.22. The third-order valence-electron chi connectivity index (χ3n) is 5.22. The Bertz CT molecular complexity index is 689. The van der Waals surface area contributed by atoms with Crippen LogP contribution in [0.15, 0.2) is 30.3 Å². The highest BCUT2D eigenvalue weighted by Gasteiger charge is 2.25. The maximum atomic E-state index is 10.8. The highest BCUT2D eigenvalue weighted by molar-refractivity contribution is 6.02. The second-order valence-electron chi connectivity index (χ2n) is 7.99. The molecule has 0 atom stereocenters. The Morgan fingerprint density at radius 2 is 1.62 bits per heavy atom. The fraction of sp³-hybridized carbons (Fsp3) is 0.500. The molecule has 0 bridgehead atoms. The molecule has 0 radical (unpaired) electrons. The lowest BCUT2D eigenvalue weighted by Crippen LogP contribution is -2.22. The summed E-state index contributed by atoms with van der Waals surface area (Å²) in [5.74, 6) is 1.05. The van der Waals surface area contributed by atoms with Gasteiger partial charge in [-0.1, -0.05) is 64.3 Å². The number of rotatable bonds is 1. The Kier molecular flexibility index (Phi) is 6.04. The van der Waals surface area contributed by atoms with Crippen LogP contribution in [0.1, 0.15) is 68.8 Å². The first-order chi connectivity index (χ1) is 11.3. The van der Waals surface area contributed by atoms with Crippen LogP contribution in [0.2, 0.25) is 0 Å². The van der Waals surface area contributed by atoms with E-state index in [0.717, 1.165) is 22.3 Å². The van der Waals surface area contributed by atoms with Gasteiger partial charge in [0, 0.05) is 0 Å². The van der Waals surface area contributed by atoms with Crippen molar-refractivity contribution >= 4 is 17.1 Å². The van der Waals surface area contributed by atoms with E-state index in [1.165, 1.54) is 32.1 Å².